The highest BCUT2D eigenvalue weighted by Gasteiger charge is 1.90. The van der Waals surface area contributed by atoms with E-state index in [1.807, 2.05) is 30.3 Å². The van der Waals surface area contributed by atoms with Crippen LogP contribution in [0.1, 0.15) is 5.56 Å². The molecular weight excluding hydrogens is 142 g/mol. The van der Waals surface area contributed by atoms with Gasteiger partial charge in [0.25, 0.3) is 0 Å². The number of benzene rings is 1. The van der Waals surface area contributed by atoms with Gasteiger partial charge in [-0.05, 0) is 17.2 Å². The molecule has 0 aromatic heterocycles. The highest BCUT2D eigenvalue weighted by molar-refractivity contribution is 7.78. The fourth-order valence-electron chi connectivity index (χ4n) is 0.677. The molecule has 0 spiro atoms. The van der Waals surface area contributed by atoms with E-state index >= 15 is 0 Å². The summed E-state index contributed by atoms with van der Waals surface area (Å²) < 4.78 is 0. The van der Waals surface area contributed by atoms with Crippen LogP contribution >= 0.6 is 12.2 Å². The van der Waals surface area contributed by atoms with Crippen molar-refractivity contribution >= 4 is 22.9 Å². The van der Waals surface area contributed by atoms with E-state index < -0.39 is 0 Å². The maximum Gasteiger partial charge on any atom is 0.0935 e. The van der Waals surface area contributed by atoms with E-state index in [2.05, 4.69) is 17.2 Å². The smallest absolute Gasteiger partial charge is 0.0935 e. The predicted octanol–water partition coefficient (Wildman–Crippen LogP) is 1.58. The quantitative estimate of drug-likeness (QED) is 0.613. The Bertz CT molecular complexity index is 260. The minimum Gasteiger partial charge on any atom is -0.391 e. The SMILES string of the molecule is NC(=C=S)c1ccccc1. The highest BCUT2D eigenvalue weighted by atomic mass is 32.1. The average molecular weight is 149 g/mol. The summed E-state index contributed by atoms with van der Waals surface area (Å²) in [6.45, 7) is 0. The Morgan fingerprint density at radius 1 is 1.30 bits per heavy atom. The van der Waals surface area contributed by atoms with Crippen LogP contribution in [0.4, 0.5) is 0 Å². The second kappa shape index (κ2) is 3.16. The van der Waals surface area contributed by atoms with E-state index in [0.717, 1.165) is 5.56 Å². The molecule has 0 saturated heterocycles. The summed E-state index contributed by atoms with van der Waals surface area (Å²) in [5, 5.41) is 2.46. The Balaban J connectivity index is 3.08. The van der Waals surface area contributed by atoms with Crippen molar-refractivity contribution in [2.45, 2.75) is 0 Å². The lowest BCUT2D eigenvalue weighted by Crippen LogP contribution is -1.94. The molecule has 0 atom stereocenters. The van der Waals surface area contributed by atoms with E-state index in [-0.39, 0.29) is 0 Å². The van der Waals surface area contributed by atoms with Crippen molar-refractivity contribution < 1.29 is 0 Å². The molecule has 1 nitrogen and oxygen atoms in total. The van der Waals surface area contributed by atoms with Gasteiger partial charge in [0.2, 0.25) is 0 Å². The number of rotatable bonds is 1. The third kappa shape index (κ3) is 1.44. The van der Waals surface area contributed by atoms with Gasteiger partial charge in [-0.1, -0.05) is 30.3 Å². The van der Waals surface area contributed by atoms with Gasteiger partial charge in [0.05, 0.1) is 5.70 Å². The van der Waals surface area contributed by atoms with Gasteiger partial charge in [0.15, 0.2) is 0 Å². The van der Waals surface area contributed by atoms with Crippen LogP contribution in [0.3, 0.4) is 0 Å². The monoisotopic (exact) mass is 149 g/mol. The van der Waals surface area contributed by atoms with Crippen molar-refractivity contribution in [1.82, 2.24) is 0 Å². The molecule has 2 N–H and O–H groups in total. The summed E-state index contributed by atoms with van der Waals surface area (Å²) in [6, 6.07) is 9.55. The molecule has 0 aliphatic carbocycles. The standard InChI is InChI=1S/C8H7NS/c9-8(6-10)7-4-2-1-3-5-7/h1-5H,9H2. The third-order valence-electron chi connectivity index (χ3n) is 1.19. The predicted molar refractivity (Wildman–Crippen MR) is 46.6 cm³/mol. The molecule has 2 heteroatoms. The van der Waals surface area contributed by atoms with Crippen LogP contribution in [0.15, 0.2) is 30.3 Å². The zero-order chi connectivity index (χ0) is 7.40. The second-order valence-corrected chi connectivity index (χ2v) is 2.09. The first kappa shape index (κ1) is 7.00. The summed E-state index contributed by atoms with van der Waals surface area (Å²) in [6.07, 6.45) is 0. The maximum absolute atomic E-state index is 5.50. The minimum atomic E-state index is 0.524. The first-order valence-electron chi connectivity index (χ1n) is 2.90. The van der Waals surface area contributed by atoms with Crippen molar-refractivity contribution in [3.8, 4) is 0 Å². The van der Waals surface area contributed by atoms with Crippen LogP contribution in [0, 0.1) is 0 Å². The number of thiocarbonyl (C=S) groups is 1. The largest absolute Gasteiger partial charge is 0.391 e. The molecule has 1 aromatic carbocycles. The lowest BCUT2D eigenvalue weighted by molar-refractivity contribution is 1.55. The molecule has 0 fully saturated rings. The molecule has 0 bridgehead atoms. The molecule has 10 heavy (non-hydrogen) atoms. The third-order valence-corrected chi connectivity index (χ3v) is 1.41. The van der Waals surface area contributed by atoms with Crippen LogP contribution in [0.25, 0.3) is 5.70 Å². The molecule has 0 heterocycles. The van der Waals surface area contributed by atoms with Gasteiger partial charge in [-0.2, -0.15) is 0 Å². The van der Waals surface area contributed by atoms with Crippen molar-refractivity contribution in [3.63, 3.8) is 0 Å². The molecule has 0 aliphatic rings. The van der Waals surface area contributed by atoms with E-state index in [1.54, 1.807) is 0 Å². The maximum atomic E-state index is 5.50. The topological polar surface area (TPSA) is 26.0 Å². The van der Waals surface area contributed by atoms with Gasteiger partial charge in [-0.15, -0.1) is 0 Å². The van der Waals surface area contributed by atoms with Gasteiger partial charge in [0.1, 0.15) is 0 Å². The van der Waals surface area contributed by atoms with Crippen LogP contribution in [0.5, 0.6) is 0 Å². The Hall–Kier alpha value is -1.11. The summed E-state index contributed by atoms with van der Waals surface area (Å²) in [4.78, 5) is 0. The van der Waals surface area contributed by atoms with E-state index in [9.17, 15) is 0 Å². The first-order chi connectivity index (χ1) is 4.84. The van der Waals surface area contributed by atoms with Crippen molar-refractivity contribution in [2.24, 2.45) is 5.73 Å². The number of hydrogen-bond acceptors (Lipinski definition) is 2. The Morgan fingerprint density at radius 2 is 1.90 bits per heavy atom. The molecule has 0 aliphatic heterocycles. The van der Waals surface area contributed by atoms with Crippen molar-refractivity contribution in [1.29, 1.82) is 0 Å². The van der Waals surface area contributed by atoms with Crippen LogP contribution < -0.4 is 5.73 Å². The molecule has 0 saturated carbocycles. The van der Waals surface area contributed by atoms with Gasteiger partial charge in [-0.3, -0.25) is 0 Å². The van der Waals surface area contributed by atoms with Crippen LogP contribution in [-0.4, -0.2) is 5.02 Å². The summed E-state index contributed by atoms with van der Waals surface area (Å²) in [5.41, 5.74) is 6.95. The average Bonchev–Trinajstić information content (AvgIpc) is 2.05. The Morgan fingerprint density at radius 3 is 2.40 bits per heavy atom. The zero-order valence-electron chi connectivity index (χ0n) is 5.37. The molecule has 1 rings (SSSR count). The minimum absolute atomic E-state index is 0.524. The second-order valence-electron chi connectivity index (χ2n) is 1.88. The van der Waals surface area contributed by atoms with Gasteiger partial charge < -0.3 is 5.73 Å². The summed E-state index contributed by atoms with van der Waals surface area (Å²) >= 11 is 4.54. The van der Waals surface area contributed by atoms with Crippen LogP contribution in [0.2, 0.25) is 0 Å². The molecule has 1 aromatic rings. The zero-order valence-corrected chi connectivity index (χ0v) is 6.19. The van der Waals surface area contributed by atoms with E-state index in [0.29, 0.717) is 5.70 Å². The molecular formula is C8H7NS. The number of nitrogens with two attached hydrogens (primary N) is 1. The van der Waals surface area contributed by atoms with Gasteiger partial charge >= 0.3 is 0 Å². The Labute approximate surface area is 65.2 Å². The van der Waals surface area contributed by atoms with E-state index in [1.165, 1.54) is 0 Å². The first-order valence-corrected chi connectivity index (χ1v) is 3.31. The van der Waals surface area contributed by atoms with Gasteiger partial charge in [-0.25, -0.2) is 0 Å². The fourth-order valence-corrected chi connectivity index (χ4v) is 0.794. The van der Waals surface area contributed by atoms with E-state index in [4.69, 9.17) is 5.73 Å². The molecule has 0 amide bonds. The Kier molecular flexibility index (Phi) is 2.21. The van der Waals surface area contributed by atoms with Crippen molar-refractivity contribution in [2.75, 3.05) is 0 Å². The summed E-state index contributed by atoms with van der Waals surface area (Å²) in [5.74, 6) is 0. The lowest BCUT2D eigenvalue weighted by atomic mass is 10.2. The van der Waals surface area contributed by atoms with Crippen LogP contribution in [-0.2, 0) is 0 Å². The van der Waals surface area contributed by atoms with Crippen molar-refractivity contribution in [3.05, 3.63) is 35.9 Å². The normalized spacial score (nSPS) is 8.40. The van der Waals surface area contributed by atoms with Gasteiger partial charge in [0, 0.05) is 5.56 Å². The fraction of sp³-hybridized carbons (Fsp3) is 0. The summed E-state index contributed by atoms with van der Waals surface area (Å²) in [7, 11) is 0. The lowest BCUT2D eigenvalue weighted by Gasteiger charge is -1.94. The molecule has 0 unspecified atom stereocenters. The number of hydrogen-bond donors (Lipinski definition) is 1. The molecule has 0 radical (unpaired) electrons. The molecule has 50 valence electrons. The highest BCUT2D eigenvalue weighted by Crippen LogP contribution is 2.03.